The summed E-state index contributed by atoms with van der Waals surface area (Å²) in [7, 11) is 0. The zero-order chi connectivity index (χ0) is 13.4. The zero-order valence-electron chi connectivity index (χ0n) is 8.57. The molecule has 0 radical (unpaired) electrons. The van der Waals surface area contributed by atoms with Crippen LogP contribution in [0.5, 0.6) is 5.75 Å². The van der Waals surface area contributed by atoms with Crippen LogP contribution >= 0.6 is 11.6 Å². The van der Waals surface area contributed by atoms with Crippen molar-refractivity contribution in [2.24, 2.45) is 11.7 Å². The standard InChI is InChI=1S/C9H7ClF2O3.H4N2/c10-6-3-5(9(13)14)1-2-7(6)15-4-8(11)12;1-2/h1-3,8H,4H2,(H,13,14);1-2H2. The molecule has 0 aromatic heterocycles. The SMILES string of the molecule is NN.O=C(O)c1ccc(OCC(F)F)c(Cl)c1. The Morgan fingerprint density at radius 2 is 2.06 bits per heavy atom. The Morgan fingerprint density at radius 3 is 2.47 bits per heavy atom. The van der Waals surface area contributed by atoms with Gasteiger partial charge in [-0.25, -0.2) is 13.6 Å². The van der Waals surface area contributed by atoms with Gasteiger partial charge < -0.3 is 9.84 Å². The Balaban J connectivity index is 0.00000121. The van der Waals surface area contributed by atoms with Crippen LogP contribution in [-0.2, 0) is 0 Å². The summed E-state index contributed by atoms with van der Waals surface area (Å²) >= 11 is 5.62. The number of hydrogen-bond donors (Lipinski definition) is 3. The molecule has 0 amide bonds. The molecule has 0 aliphatic carbocycles. The number of hydrogen-bond acceptors (Lipinski definition) is 4. The van der Waals surface area contributed by atoms with Gasteiger partial charge in [0.25, 0.3) is 6.43 Å². The molecule has 96 valence electrons. The first-order chi connectivity index (χ1) is 8.00. The van der Waals surface area contributed by atoms with E-state index in [1.807, 2.05) is 0 Å². The number of benzene rings is 1. The van der Waals surface area contributed by atoms with Gasteiger partial charge in [-0.1, -0.05) is 11.6 Å². The van der Waals surface area contributed by atoms with Crippen LogP contribution in [0, 0.1) is 0 Å². The van der Waals surface area contributed by atoms with Gasteiger partial charge in [-0.05, 0) is 18.2 Å². The van der Waals surface area contributed by atoms with Gasteiger partial charge in [0.2, 0.25) is 0 Å². The lowest BCUT2D eigenvalue weighted by molar-refractivity contribution is 0.0695. The second-order valence-corrected chi connectivity index (χ2v) is 3.06. The molecule has 5 N–H and O–H groups in total. The van der Waals surface area contributed by atoms with Crippen LogP contribution in [0.3, 0.4) is 0 Å². The number of carboxylic acid groups (broad SMARTS) is 1. The Kier molecular flexibility index (Phi) is 7.11. The number of halogens is 3. The summed E-state index contributed by atoms with van der Waals surface area (Å²) in [6.45, 7) is -0.772. The number of aromatic carboxylic acids is 1. The van der Waals surface area contributed by atoms with Crippen molar-refractivity contribution >= 4 is 17.6 Å². The molecule has 0 saturated carbocycles. The van der Waals surface area contributed by atoms with E-state index in [1.165, 1.54) is 12.1 Å². The molecule has 0 aliphatic rings. The Morgan fingerprint density at radius 1 is 1.47 bits per heavy atom. The molecule has 5 nitrogen and oxygen atoms in total. The van der Waals surface area contributed by atoms with Gasteiger partial charge >= 0.3 is 5.97 Å². The van der Waals surface area contributed by atoms with Gasteiger partial charge in [0, 0.05) is 0 Å². The minimum atomic E-state index is -2.60. The maximum Gasteiger partial charge on any atom is 0.335 e. The average Bonchev–Trinajstić information content (AvgIpc) is 2.29. The van der Waals surface area contributed by atoms with E-state index in [2.05, 4.69) is 16.4 Å². The third-order valence-corrected chi connectivity index (χ3v) is 1.84. The van der Waals surface area contributed by atoms with Crippen molar-refractivity contribution in [1.82, 2.24) is 0 Å². The number of carbonyl (C=O) groups is 1. The fraction of sp³-hybridized carbons (Fsp3) is 0.222. The third-order valence-electron chi connectivity index (χ3n) is 1.54. The topological polar surface area (TPSA) is 98.6 Å². The van der Waals surface area contributed by atoms with Gasteiger partial charge in [0.05, 0.1) is 10.6 Å². The third kappa shape index (κ3) is 5.43. The van der Waals surface area contributed by atoms with Crippen LogP contribution in [0.25, 0.3) is 0 Å². The Hall–Kier alpha value is -1.44. The summed E-state index contributed by atoms with van der Waals surface area (Å²) in [5.41, 5.74) is -0.0237. The maximum atomic E-state index is 11.8. The Labute approximate surface area is 101 Å². The molecule has 0 heterocycles. The van der Waals surface area contributed by atoms with E-state index in [0.29, 0.717) is 0 Å². The summed E-state index contributed by atoms with van der Waals surface area (Å²) in [5, 5.41) is 8.59. The summed E-state index contributed by atoms with van der Waals surface area (Å²) in [6.07, 6.45) is -2.60. The fourth-order valence-electron chi connectivity index (χ4n) is 0.904. The molecule has 0 aliphatic heterocycles. The van der Waals surface area contributed by atoms with Crippen LogP contribution in [0.2, 0.25) is 5.02 Å². The second kappa shape index (κ2) is 7.77. The van der Waals surface area contributed by atoms with Crippen molar-refractivity contribution in [2.75, 3.05) is 6.61 Å². The molecule has 0 spiro atoms. The minimum absolute atomic E-state index is 0.00412. The molecule has 0 fully saturated rings. The summed E-state index contributed by atoms with van der Waals surface area (Å²) in [6, 6.07) is 3.62. The average molecular weight is 269 g/mol. The van der Waals surface area contributed by atoms with Crippen LogP contribution in [0.15, 0.2) is 18.2 Å². The lowest BCUT2D eigenvalue weighted by Crippen LogP contribution is -2.07. The first kappa shape index (κ1) is 15.6. The number of alkyl halides is 2. The predicted molar refractivity (Wildman–Crippen MR) is 58.3 cm³/mol. The highest BCUT2D eigenvalue weighted by molar-refractivity contribution is 6.32. The van der Waals surface area contributed by atoms with E-state index in [1.54, 1.807) is 0 Å². The van der Waals surface area contributed by atoms with Crippen LogP contribution in [0.1, 0.15) is 10.4 Å². The molecule has 0 bridgehead atoms. The van der Waals surface area contributed by atoms with E-state index in [4.69, 9.17) is 16.7 Å². The zero-order valence-corrected chi connectivity index (χ0v) is 9.32. The molecular weight excluding hydrogens is 258 g/mol. The van der Waals surface area contributed by atoms with E-state index < -0.39 is 19.0 Å². The molecule has 0 atom stereocenters. The predicted octanol–water partition coefficient (Wildman–Crippen LogP) is 1.50. The minimum Gasteiger partial charge on any atom is -0.486 e. The Bertz CT molecular complexity index is 377. The van der Waals surface area contributed by atoms with Crippen molar-refractivity contribution in [3.63, 3.8) is 0 Å². The smallest absolute Gasteiger partial charge is 0.335 e. The van der Waals surface area contributed by atoms with Crippen LogP contribution < -0.4 is 16.4 Å². The van der Waals surface area contributed by atoms with E-state index >= 15 is 0 Å². The number of ether oxygens (including phenoxy) is 1. The molecule has 0 unspecified atom stereocenters. The van der Waals surface area contributed by atoms with Crippen LogP contribution in [-0.4, -0.2) is 24.1 Å². The lowest BCUT2D eigenvalue weighted by Gasteiger charge is -2.07. The lowest BCUT2D eigenvalue weighted by atomic mass is 10.2. The van der Waals surface area contributed by atoms with Gasteiger partial charge in [-0.2, -0.15) is 0 Å². The molecule has 0 saturated heterocycles. The van der Waals surface area contributed by atoms with Gasteiger partial charge in [-0.3, -0.25) is 11.7 Å². The molecule has 1 aromatic carbocycles. The quantitative estimate of drug-likeness (QED) is 0.568. The highest BCUT2D eigenvalue weighted by Gasteiger charge is 2.09. The first-order valence-electron chi connectivity index (χ1n) is 4.28. The number of carboxylic acids is 1. The van der Waals surface area contributed by atoms with E-state index in [9.17, 15) is 13.6 Å². The number of nitrogens with two attached hydrogens (primary N) is 2. The summed E-state index contributed by atoms with van der Waals surface area (Å²) in [5.74, 6) is 6.90. The second-order valence-electron chi connectivity index (χ2n) is 2.65. The molecule has 1 rings (SSSR count). The van der Waals surface area contributed by atoms with Crippen molar-refractivity contribution in [3.8, 4) is 5.75 Å². The van der Waals surface area contributed by atoms with Crippen LogP contribution in [0.4, 0.5) is 8.78 Å². The van der Waals surface area contributed by atoms with Crippen molar-refractivity contribution < 1.29 is 23.4 Å². The molecular formula is C9H11ClF2N2O3. The number of hydrazine groups is 1. The first-order valence-corrected chi connectivity index (χ1v) is 4.65. The fourth-order valence-corrected chi connectivity index (χ4v) is 1.14. The van der Waals surface area contributed by atoms with Gasteiger partial charge in [0.15, 0.2) is 0 Å². The summed E-state index contributed by atoms with van der Waals surface area (Å²) in [4.78, 5) is 10.5. The van der Waals surface area contributed by atoms with Crippen molar-refractivity contribution in [1.29, 1.82) is 0 Å². The maximum absolute atomic E-state index is 11.8. The van der Waals surface area contributed by atoms with Gasteiger partial charge in [0.1, 0.15) is 12.4 Å². The largest absolute Gasteiger partial charge is 0.486 e. The molecule has 1 aromatic rings. The van der Waals surface area contributed by atoms with Gasteiger partial charge in [-0.15, -0.1) is 0 Å². The highest BCUT2D eigenvalue weighted by Crippen LogP contribution is 2.25. The normalized spacial score (nSPS) is 9.53. The molecule has 17 heavy (non-hydrogen) atoms. The highest BCUT2D eigenvalue weighted by atomic mass is 35.5. The van der Waals surface area contributed by atoms with Crippen molar-refractivity contribution in [3.05, 3.63) is 28.8 Å². The van der Waals surface area contributed by atoms with E-state index in [0.717, 1.165) is 6.07 Å². The van der Waals surface area contributed by atoms with Crippen molar-refractivity contribution in [2.45, 2.75) is 6.43 Å². The summed E-state index contributed by atoms with van der Waals surface area (Å²) < 4.78 is 28.3. The monoisotopic (exact) mass is 268 g/mol. The van der Waals surface area contributed by atoms with E-state index in [-0.39, 0.29) is 16.3 Å². The number of rotatable bonds is 4. The molecule has 8 heteroatoms.